The van der Waals surface area contributed by atoms with Gasteiger partial charge in [-0.15, -0.1) is 11.3 Å². The summed E-state index contributed by atoms with van der Waals surface area (Å²) in [7, 11) is 0. The van der Waals surface area contributed by atoms with Crippen LogP contribution in [0.1, 0.15) is 5.56 Å². The lowest BCUT2D eigenvalue weighted by Crippen LogP contribution is -2.20. The molecule has 2 aromatic carbocycles. The predicted octanol–water partition coefficient (Wildman–Crippen LogP) is 5.28. The van der Waals surface area contributed by atoms with E-state index in [0.29, 0.717) is 16.7 Å². The number of allylic oxidation sites excluding steroid dienone is 1. The highest BCUT2D eigenvalue weighted by Crippen LogP contribution is 2.24. The van der Waals surface area contributed by atoms with Crippen LogP contribution in [0.25, 0.3) is 27.7 Å². The molecule has 0 amide bonds. The van der Waals surface area contributed by atoms with Gasteiger partial charge in [0.25, 0.3) is 5.56 Å². The number of hydrogen-bond acceptors (Lipinski definition) is 4. The van der Waals surface area contributed by atoms with E-state index in [1.807, 2.05) is 78.2 Å². The van der Waals surface area contributed by atoms with Gasteiger partial charge in [-0.05, 0) is 63.9 Å². The van der Waals surface area contributed by atoms with Crippen LogP contribution in [-0.4, -0.2) is 15.9 Å². The topological polar surface area (TPSA) is 47.2 Å². The van der Waals surface area contributed by atoms with Gasteiger partial charge in [-0.25, -0.2) is 4.98 Å². The first-order valence-corrected chi connectivity index (χ1v) is 10.2. The normalized spacial score (nSPS) is 11.7. The quantitative estimate of drug-likeness (QED) is 0.293. The van der Waals surface area contributed by atoms with Crippen molar-refractivity contribution in [3.8, 4) is 10.7 Å². The number of thiophene rings is 1. The molecule has 0 atom stereocenters. The molecule has 6 heteroatoms. The monoisotopic (exact) mass is 483 g/mol. The SMILES string of the molecule is O=c1c2cc(I)ccc2nc(-c2cccs2)n1/N=C/C=C/c1ccccc1. The second-order valence-corrected chi connectivity index (χ2v) is 7.92. The van der Waals surface area contributed by atoms with Crippen molar-refractivity contribution in [3.63, 3.8) is 0 Å². The third kappa shape index (κ3) is 3.91. The third-order valence-electron chi connectivity index (χ3n) is 3.91. The van der Waals surface area contributed by atoms with Crippen molar-refractivity contribution in [2.75, 3.05) is 0 Å². The van der Waals surface area contributed by atoms with E-state index in [1.54, 1.807) is 6.21 Å². The number of benzene rings is 2. The first-order valence-electron chi connectivity index (χ1n) is 8.24. The molecule has 0 N–H and O–H groups in total. The average Bonchev–Trinajstić information content (AvgIpc) is 3.22. The number of fused-ring (bicyclic) bond motifs is 1. The Hall–Kier alpha value is -2.58. The van der Waals surface area contributed by atoms with E-state index < -0.39 is 0 Å². The van der Waals surface area contributed by atoms with Crippen molar-refractivity contribution in [1.82, 2.24) is 9.66 Å². The minimum Gasteiger partial charge on any atom is -0.267 e. The molecule has 27 heavy (non-hydrogen) atoms. The van der Waals surface area contributed by atoms with Crippen molar-refractivity contribution < 1.29 is 0 Å². The molecule has 0 spiro atoms. The molecule has 0 unspecified atom stereocenters. The Morgan fingerprint density at radius 1 is 1.07 bits per heavy atom. The Bertz CT molecular complexity index is 1200. The van der Waals surface area contributed by atoms with Crippen molar-refractivity contribution in [2.24, 2.45) is 5.10 Å². The molecule has 4 nitrogen and oxygen atoms in total. The van der Waals surface area contributed by atoms with Crippen LogP contribution >= 0.6 is 33.9 Å². The van der Waals surface area contributed by atoms with Gasteiger partial charge in [-0.3, -0.25) is 4.79 Å². The van der Waals surface area contributed by atoms with Gasteiger partial charge < -0.3 is 0 Å². The fraction of sp³-hybridized carbons (Fsp3) is 0. The highest BCUT2D eigenvalue weighted by atomic mass is 127. The zero-order valence-corrected chi connectivity index (χ0v) is 17.1. The largest absolute Gasteiger partial charge is 0.282 e. The Morgan fingerprint density at radius 2 is 1.93 bits per heavy atom. The van der Waals surface area contributed by atoms with E-state index in [2.05, 4.69) is 32.7 Å². The fourth-order valence-corrected chi connectivity index (χ4v) is 3.83. The van der Waals surface area contributed by atoms with Crippen molar-refractivity contribution in [1.29, 1.82) is 0 Å². The number of halogens is 1. The van der Waals surface area contributed by atoms with Crippen LogP contribution < -0.4 is 5.56 Å². The second kappa shape index (κ2) is 7.98. The number of aromatic nitrogens is 2. The average molecular weight is 483 g/mol. The van der Waals surface area contributed by atoms with Crippen LogP contribution in [0.2, 0.25) is 0 Å². The van der Waals surface area contributed by atoms with Gasteiger partial charge in [0.2, 0.25) is 0 Å². The smallest absolute Gasteiger partial charge is 0.267 e. The van der Waals surface area contributed by atoms with E-state index in [1.165, 1.54) is 16.0 Å². The van der Waals surface area contributed by atoms with E-state index in [4.69, 9.17) is 0 Å². The Balaban J connectivity index is 1.81. The molecule has 0 fully saturated rings. The summed E-state index contributed by atoms with van der Waals surface area (Å²) in [5, 5.41) is 6.91. The lowest BCUT2D eigenvalue weighted by molar-refractivity contribution is 0.832. The van der Waals surface area contributed by atoms with Crippen molar-refractivity contribution in [2.45, 2.75) is 0 Å². The highest BCUT2D eigenvalue weighted by molar-refractivity contribution is 14.1. The first-order chi connectivity index (χ1) is 13.2. The van der Waals surface area contributed by atoms with Gasteiger partial charge in [-0.2, -0.15) is 9.78 Å². The highest BCUT2D eigenvalue weighted by Gasteiger charge is 2.13. The van der Waals surface area contributed by atoms with Gasteiger partial charge in [-0.1, -0.05) is 42.5 Å². The van der Waals surface area contributed by atoms with Crippen LogP contribution in [0.3, 0.4) is 0 Å². The zero-order valence-electron chi connectivity index (χ0n) is 14.1. The maximum absolute atomic E-state index is 13.0. The maximum atomic E-state index is 13.0. The van der Waals surface area contributed by atoms with E-state index in [9.17, 15) is 4.79 Å². The van der Waals surface area contributed by atoms with Crippen LogP contribution in [0.4, 0.5) is 0 Å². The summed E-state index contributed by atoms with van der Waals surface area (Å²) in [4.78, 5) is 18.6. The maximum Gasteiger partial charge on any atom is 0.282 e. The summed E-state index contributed by atoms with van der Waals surface area (Å²) < 4.78 is 2.36. The molecular weight excluding hydrogens is 469 g/mol. The van der Waals surface area contributed by atoms with Crippen molar-refractivity contribution in [3.05, 3.63) is 91.6 Å². The standard InChI is InChI=1S/C21H14IN3OS/c22-16-10-11-18-17(14-16)21(26)25(20(24-18)19-9-5-13-27-19)23-12-4-8-15-6-2-1-3-7-15/h1-14H/b8-4+,23-12+. The molecular formula is C21H14IN3OS. The number of rotatable bonds is 4. The van der Waals surface area contributed by atoms with Gasteiger partial charge in [0.15, 0.2) is 5.82 Å². The van der Waals surface area contributed by atoms with Crippen LogP contribution in [0.15, 0.2) is 82.0 Å². The molecule has 2 heterocycles. The van der Waals surface area contributed by atoms with Gasteiger partial charge in [0, 0.05) is 9.78 Å². The van der Waals surface area contributed by atoms with Crippen molar-refractivity contribution >= 4 is 57.1 Å². The third-order valence-corrected chi connectivity index (χ3v) is 5.44. The molecule has 2 aromatic heterocycles. The molecule has 4 rings (SSSR count). The van der Waals surface area contributed by atoms with E-state index >= 15 is 0 Å². The summed E-state index contributed by atoms with van der Waals surface area (Å²) in [6, 6.07) is 19.5. The van der Waals surface area contributed by atoms with Crippen LogP contribution in [0.5, 0.6) is 0 Å². The number of nitrogens with zero attached hydrogens (tertiary/aromatic N) is 3. The summed E-state index contributed by atoms with van der Waals surface area (Å²) >= 11 is 3.72. The van der Waals surface area contributed by atoms with E-state index in [-0.39, 0.29) is 5.56 Å². The molecule has 0 aliphatic rings. The van der Waals surface area contributed by atoms with Gasteiger partial charge in [0.1, 0.15) is 0 Å². The lowest BCUT2D eigenvalue weighted by atomic mass is 10.2. The molecule has 132 valence electrons. The Labute approximate surface area is 173 Å². The van der Waals surface area contributed by atoms with Gasteiger partial charge in [0.05, 0.1) is 15.8 Å². The fourth-order valence-electron chi connectivity index (χ4n) is 2.64. The molecule has 0 aliphatic heterocycles. The van der Waals surface area contributed by atoms with Crippen LogP contribution in [-0.2, 0) is 0 Å². The summed E-state index contributed by atoms with van der Waals surface area (Å²) in [5.41, 5.74) is 1.57. The minimum atomic E-state index is -0.175. The molecule has 0 radical (unpaired) electrons. The number of hydrogen-bond donors (Lipinski definition) is 0. The molecule has 0 aliphatic carbocycles. The molecule has 0 saturated carbocycles. The summed E-state index contributed by atoms with van der Waals surface area (Å²) in [5.74, 6) is 0.549. The molecule has 4 aromatic rings. The second-order valence-electron chi connectivity index (χ2n) is 5.73. The Kier molecular flexibility index (Phi) is 5.26. The van der Waals surface area contributed by atoms with Gasteiger partial charge >= 0.3 is 0 Å². The first kappa shape index (κ1) is 17.8. The Morgan fingerprint density at radius 3 is 2.70 bits per heavy atom. The van der Waals surface area contributed by atoms with E-state index in [0.717, 1.165) is 14.0 Å². The zero-order chi connectivity index (χ0) is 18.6. The molecule has 0 bridgehead atoms. The lowest BCUT2D eigenvalue weighted by Gasteiger charge is -2.07. The summed E-state index contributed by atoms with van der Waals surface area (Å²) in [6.45, 7) is 0. The van der Waals surface area contributed by atoms with Crippen LogP contribution in [0, 0.1) is 3.57 Å². The molecule has 0 saturated heterocycles. The predicted molar refractivity (Wildman–Crippen MR) is 121 cm³/mol. The summed E-state index contributed by atoms with van der Waals surface area (Å²) in [6.07, 6.45) is 5.38. The minimum absolute atomic E-state index is 0.175.